The molecule has 1 heterocycles. The number of carbonyl (C=O) groups excluding carboxylic acids is 2. The molecule has 5 heteroatoms. The quantitative estimate of drug-likeness (QED) is 0.502. The summed E-state index contributed by atoms with van der Waals surface area (Å²) in [5, 5.41) is 5.41. The zero-order valence-corrected chi connectivity index (χ0v) is 10.6. The van der Waals surface area contributed by atoms with Gasteiger partial charge in [-0.25, -0.2) is 0 Å². The molecule has 0 aromatic rings. The highest BCUT2D eigenvalue weighted by atomic mass is 16.5. The Bertz CT molecular complexity index is 266. The molecule has 5 nitrogen and oxygen atoms in total. The molecule has 1 atom stereocenters. The van der Waals surface area contributed by atoms with Crippen molar-refractivity contribution in [3.05, 3.63) is 0 Å². The minimum atomic E-state index is -0.249. The normalized spacial score (nSPS) is 20.8. The largest absolute Gasteiger partial charge is 0.380 e. The Morgan fingerprint density at radius 3 is 2.82 bits per heavy atom. The molecule has 1 fully saturated rings. The van der Waals surface area contributed by atoms with E-state index in [1.807, 2.05) is 0 Å². The van der Waals surface area contributed by atoms with E-state index in [4.69, 9.17) is 4.74 Å². The lowest BCUT2D eigenvalue weighted by atomic mass is 10.1. The van der Waals surface area contributed by atoms with Crippen LogP contribution in [-0.4, -0.2) is 37.6 Å². The number of ether oxygens (including phenoxy) is 1. The Morgan fingerprint density at radius 2 is 2.18 bits per heavy atom. The fourth-order valence-electron chi connectivity index (χ4n) is 1.61. The lowest BCUT2D eigenvalue weighted by Gasteiger charge is -2.21. The molecular weight excluding hydrogens is 220 g/mol. The van der Waals surface area contributed by atoms with E-state index in [2.05, 4.69) is 24.5 Å². The Balaban J connectivity index is 2.03. The van der Waals surface area contributed by atoms with Crippen molar-refractivity contribution < 1.29 is 14.3 Å². The van der Waals surface area contributed by atoms with Crippen LogP contribution in [0.2, 0.25) is 0 Å². The predicted octanol–water partition coefficient (Wildman–Crippen LogP) is 0.444. The summed E-state index contributed by atoms with van der Waals surface area (Å²) < 4.78 is 5.43. The van der Waals surface area contributed by atoms with Crippen molar-refractivity contribution in [2.45, 2.75) is 39.2 Å². The summed E-state index contributed by atoms with van der Waals surface area (Å²) in [4.78, 5) is 22.3. The van der Waals surface area contributed by atoms with E-state index >= 15 is 0 Å². The molecule has 0 aromatic carbocycles. The van der Waals surface area contributed by atoms with Gasteiger partial charge in [0.05, 0.1) is 12.6 Å². The molecule has 1 saturated heterocycles. The molecular formula is C12H22N2O3. The topological polar surface area (TPSA) is 67.4 Å². The summed E-state index contributed by atoms with van der Waals surface area (Å²) in [6.45, 7) is 6.32. The molecule has 98 valence electrons. The van der Waals surface area contributed by atoms with Crippen LogP contribution in [0.15, 0.2) is 0 Å². The second-order valence-electron chi connectivity index (χ2n) is 4.75. The van der Waals surface area contributed by atoms with E-state index in [0.29, 0.717) is 31.9 Å². The highest BCUT2D eigenvalue weighted by Crippen LogP contribution is 2.03. The Morgan fingerprint density at radius 1 is 1.41 bits per heavy atom. The number of carbonyl (C=O) groups is 2. The molecule has 0 bridgehead atoms. The fraction of sp³-hybridized carbons (Fsp3) is 0.833. The standard InChI is InChI=1S/C12H22N2O3/c1-9(2)5-7-17-8-6-13-10-3-4-11(15)14-12(10)16/h9-10,13H,3-8H2,1-2H3,(H,14,15,16). The van der Waals surface area contributed by atoms with Gasteiger partial charge in [-0.3, -0.25) is 14.9 Å². The van der Waals surface area contributed by atoms with Gasteiger partial charge < -0.3 is 10.1 Å². The third-order valence-electron chi connectivity index (χ3n) is 2.72. The first-order valence-electron chi connectivity index (χ1n) is 6.24. The Labute approximate surface area is 102 Å². The number of rotatable bonds is 7. The predicted molar refractivity (Wildman–Crippen MR) is 64.4 cm³/mol. The third-order valence-corrected chi connectivity index (χ3v) is 2.72. The molecule has 0 aliphatic carbocycles. The van der Waals surface area contributed by atoms with Crippen molar-refractivity contribution in [1.29, 1.82) is 0 Å². The first kappa shape index (κ1) is 14.1. The van der Waals surface area contributed by atoms with E-state index in [9.17, 15) is 9.59 Å². The molecule has 0 spiro atoms. The first-order chi connectivity index (χ1) is 8.09. The molecule has 1 aliphatic rings. The van der Waals surface area contributed by atoms with Crippen molar-refractivity contribution >= 4 is 11.8 Å². The maximum Gasteiger partial charge on any atom is 0.243 e. The number of piperidine rings is 1. The molecule has 1 rings (SSSR count). The van der Waals surface area contributed by atoms with Crippen molar-refractivity contribution in [2.24, 2.45) is 5.92 Å². The van der Waals surface area contributed by atoms with Gasteiger partial charge in [-0.05, 0) is 18.8 Å². The van der Waals surface area contributed by atoms with Gasteiger partial charge in [0.2, 0.25) is 11.8 Å². The first-order valence-corrected chi connectivity index (χ1v) is 6.24. The van der Waals surface area contributed by atoms with E-state index in [1.54, 1.807) is 0 Å². The maximum absolute atomic E-state index is 11.4. The number of imide groups is 1. The van der Waals surface area contributed by atoms with Crippen molar-refractivity contribution in [2.75, 3.05) is 19.8 Å². The maximum atomic E-state index is 11.4. The lowest BCUT2D eigenvalue weighted by molar-refractivity contribution is -0.134. The van der Waals surface area contributed by atoms with Crippen LogP contribution in [-0.2, 0) is 14.3 Å². The monoisotopic (exact) mass is 242 g/mol. The van der Waals surface area contributed by atoms with Crippen LogP contribution in [0, 0.1) is 5.92 Å². The summed E-state index contributed by atoms with van der Waals surface area (Å²) in [5.74, 6) is 0.253. The molecule has 2 N–H and O–H groups in total. The van der Waals surface area contributed by atoms with Gasteiger partial charge in [0, 0.05) is 19.6 Å². The minimum absolute atomic E-state index is 0.179. The number of hydrogen-bond acceptors (Lipinski definition) is 4. The van der Waals surface area contributed by atoms with Crippen LogP contribution in [0.4, 0.5) is 0 Å². The van der Waals surface area contributed by atoms with Gasteiger partial charge in [-0.2, -0.15) is 0 Å². The van der Waals surface area contributed by atoms with Gasteiger partial charge >= 0.3 is 0 Å². The van der Waals surface area contributed by atoms with E-state index in [0.717, 1.165) is 13.0 Å². The molecule has 17 heavy (non-hydrogen) atoms. The molecule has 2 amide bonds. The Hall–Kier alpha value is -0.940. The molecule has 0 radical (unpaired) electrons. The molecule has 1 unspecified atom stereocenters. The van der Waals surface area contributed by atoms with Crippen LogP contribution >= 0.6 is 0 Å². The van der Waals surface area contributed by atoms with Crippen LogP contribution in [0.3, 0.4) is 0 Å². The lowest BCUT2D eigenvalue weighted by Crippen LogP contribution is -2.51. The minimum Gasteiger partial charge on any atom is -0.380 e. The number of amides is 2. The Kier molecular flexibility index (Phi) is 6.15. The van der Waals surface area contributed by atoms with E-state index in [-0.39, 0.29) is 17.9 Å². The SMILES string of the molecule is CC(C)CCOCCNC1CCC(=O)NC1=O. The van der Waals surface area contributed by atoms with Gasteiger partial charge in [-0.15, -0.1) is 0 Å². The van der Waals surface area contributed by atoms with Crippen molar-refractivity contribution in [1.82, 2.24) is 10.6 Å². The van der Waals surface area contributed by atoms with E-state index in [1.165, 1.54) is 0 Å². The van der Waals surface area contributed by atoms with Crippen molar-refractivity contribution in [3.8, 4) is 0 Å². The molecule has 0 saturated carbocycles. The number of nitrogens with one attached hydrogen (secondary N) is 2. The van der Waals surface area contributed by atoms with Gasteiger partial charge in [0.15, 0.2) is 0 Å². The summed E-state index contributed by atoms with van der Waals surface area (Å²) in [6, 6.07) is -0.249. The highest BCUT2D eigenvalue weighted by Gasteiger charge is 2.25. The average molecular weight is 242 g/mol. The zero-order valence-electron chi connectivity index (χ0n) is 10.6. The second-order valence-corrected chi connectivity index (χ2v) is 4.75. The van der Waals surface area contributed by atoms with Gasteiger partial charge in [0.1, 0.15) is 0 Å². The van der Waals surface area contributed by atoms with Crippen LogP contribution < -0.4 is 10.6 Å². The summed E-state index contributed by atoms with van der Waals surface area (Å²) in [5.41, 5.74) is 0. The summed E-state index contributed by atoms with van der Waals surface area (Å²) in [7, 11) is 0. The molecule has 1 aliphatic heterocycles. The second kappa shape index (κ2) is 7.40. The fourth-order valence-corrected chi connectivity index (χ4v) is 1.61. The number of hydrogen-bond donors (Lipinski definition) is 2. The van der Waals surface area contributed by atoms with E-state index < -0.39 is 0 Å². The van der Waals surface area contributed by atoms with Gasteiger partial charge in [0.25, 0.3) is 0 Å². The van der Waals surface area contributed by atoms with Crippen molar-refractivity contribution in [3.63, 3.8) is 0 Å². The third kappa shape index (κ3) is 5.79. The molecule has 0 aromatic heterocycles. The summed E-state index contributed by atoms with van der Waals surface area (Å²) >= 11 is 0. The van der Waals surface area contributed by atoms with Crippen LogP contribution in [0.25, 0.3) is 0 Å². The smallest absolute Gasteiger partial charge is 0.243 e. The van der Waals surface area contributed by atoms with Crippen LogP contribution in [0.1, 0.15) is 33.1 Å². The van der Waals surface area contributed by atoms with Gasteiger partial charge in [-0.1, -0.05) is 13.8 Å². The van der Waals surface area contributed by atoms with Crippen LogP contribution in [0.5, 0.6) is 0 Å². The zero-order chi connectivity index (χ0) is 12.7. The highest BCUT2D eigenvalue weighted by molar-refractivity contribution is 6.00. The summed E-state index contributed by atoms with van der Waals surface area (Å²) in [6.07, 6.45) is 2.05. The average Bonchev–Trinajstić information content (AvgIpc) is 2.25.